The lowest BCUT2D eigenvalue weighted by molar-refractivity contribution is 1.18. The molecular formula is C39H23N3. The lowest BCUT2D eigenvalue weighted by Crippen LogP contribution is -1.94. The molecule has 194 valence electrons. The number of hydrogen-bond donors (Lipinski definition) is 0. The summed E-state index contributed by atoms with van der Waals surface area (Å²) in [6, 6.07) is 49.6. The molecule has 3 nitrogen and oxygen atoms in total. The number of rotatable bonds is 1. The van der Waals surface area contributed by atoms with E-state index >= 15 is 0 Å². The van der Waals surface area contributed by atoms with Gasteiger partial charge in [-0.3, -0.25) is 0 Å². The molecule has 0 radical (unpaired) electrons. The van der Waals surface area contributed by atoms with Crippen molar-refractivity contribution < 1.29 is 0 Å². The maximum absolute atomic E-state index is 5.06. The molecule has 0 spiro atoms. The van der Waals surface area contributed by atoms with Gasteiger partial charge in [0.15, 0.2) is 17.1 Å². The smallest absolute Gasteiger partial charge is 0.164 e. The molecule has 0 aliphatic carbocycles. The molecule has 8 bridgehead atoms. The quantitative estimate of drug-likeness (QED) is 0.197. The normalized spacial score (nSPS) is 11.8. The van der Waals surface area contributed by atoms with Gasteiger partial charge >= 0.3 is 0 Å². The molecule has 0 aliphatic heterocycles. The molecule has 0 fully saturated rings. The molecule has 3 heteroatoms. The van der Waals surface area contributed by atoms with E-state index in [-0.39, 0.29) is 0 Å². The molecule has 42 heavy (non-hydrogen) atoms. The van der Waals surface area contributed by atoms with E-state index in [1.807, 2.05) is 18.2 Å². The molecule has 0 amide bonds. The van der Waals surface area contributed by atoms with Gasteiger partial charge in [0.25, 0.3) is 0 Å². The lowest BCUT2D eigenvalue weighted by atomic mass is 9.92. The second-order valence-electron chi connectivity index (χ2n) is 10.9. The van der Waals surface area contributed by atoms with Gasteiger partial charge in [0.05, 0.1) is 0 Å². The highest BCUT2D eigenvalue weighted by atomic mass is 15.0. The van der Waals surface area contributed by atoms with Crippen molar-refractivity contribution in [3.63, 3.8) is 0 Å². The van der Waals surface area contributed by atoms with Gasteiger partial charge in [0, 0.05) is 16.3 Å². The van der Waals surface area contributed by atoms with Crippen molar-refractivity contribution in [2.45, 2.75) is 0 Å². The van der Waals surface area contributed by atoms with E-state index in [0.29, 0.717) is 17.1 Å². The molecule has 0 saturated heterocycles. The van der Waals surface area contributed by atoms with E-state index in [2.05, 4.69) is 121 Å². The summed E-state index contributed by atoms with van der Waals surface area (Å²) in [5, 5.41) is 14.0. The van der Waals surface area contributed by atoms with E-state index in [1.54, 1.807) is 0 Å². The topological polar surface area (TPSA) is 38.7 Å². The van der Waals surface area contributed by atoms with Crippen LogP contribution in [0.15, 0.2) is 140 Å². The van der Waals surface area contributed by atoms with Gasteiger partial charge in [-0.1, -0.05) is 121 Å². The number of nitrogens with zero attached hydrogens (tertiary/aromatic N) is 3. The SMILES string of the molecule is c1ccc(-c2nc3nc(n2)c2ccc4ccc5c(cc(c6ccccc6c6cccc3c6)c3ccccc53)c4c2)cc1. The third kappa shape index (κ3) is 3.50. The van der Waals surface area contributed by atoms with Gasteiger partial charge in [-0.25, -0.2) is 15.0 Å². The molecule has 7 aromatic carbocycles. The molecular weight excluding hydrogens is 510 g/mol. The van der Waals surface area contributed by atoms with E-state index in [0.717, 1.165) is 21.7 Å². The summed E-state index contributed by atoms with van der Waals surface area (Å²) >= 11 is 0. The van der Waals surface area contributed by atoms with Crippen molar-refractivity contribution in [1.29, 1.82) is 0 Å². The fourth-order valence-corrected chi connectivity index (χ4v) is 6.42. The van der Waals surface area contributed by atoms with Gasteiger partial charge in [0.2, 0.25) is 0 Å². The minimum absolute atomic E-state index is 0.664. The van der Waals surface area contributed by atoms with Crippen LogP contribution in [0.4, 0.5) is 0 Å². The number of aromatic nitrogens is 3. The third-order valence-electron chi connectivity index (χ3n) is 8.43. The highest BCUT2D eigenvalue weighted by Gasteiger charge is 2.11. The zero-order valence-corrected chi connectivity index (χ0v) is 22.6. The van der Waals surface area contributed by atoms with Crippen LogP contribution >= 0.6 is 0 Å². The first kappa shape index (κ1) is 23.1. The summed E-state index contributed by atoms with van der Waals surface area (Å²) in [6.45, 7) is 0. The van der Waals surface area contributed by atoms with Crippen LogP contribution in [-0.2, 0) is 0 Å². The van der Waals surface area contributed by atoms with Gasteiger partial charge in [-0.15, -0.1) is 0 Å². The Balaban J connectivity index is 1.60. The zero-order chi connectivity index (χ0) is 27.6. The highest BCUT2D eigenvalue weighted by Crippen LogP contribution is 2.37. The first-order valence-corrected chi connectivity index (χ1v) is 14.2. The van der Waals surface area contributed by atoms with Crippen molar-refractivity contribution in [2.75, 3.05) is 0 Å². The first-order chi connectivity index (χ1) is 20.8. The fourth-order valence-electron chi connectivity index (χ4n) is 6.42. The Morgan fingerprint density at radius 3 is 1.62 bits per heavy atom. The third-order valence-corrected chi connectivity index (χ3v) is 8.43. The molecule has 0 aliphatic rings. The van der Waals surface area contributed by atoms with E-state index in [1.165, 1.54) is 48.5 Å². The molecule has 9 aromatic rings. The lowest BCUT2D eigenvalue weighted by Gasteiger charge is -2.11. The molecule has 0 saturated carbocycles. The highest BCUT2D eigenvalue weighted by molar-refractivity contribution is 6.26. The summed E-state index contributed by atoms with van der Waals surface area (Å²) in [5.74, 6) is 0.666. The Hall–Kier alpha value is -5.67. The maximum Gasteiger partial charge on any atom is 0.164 e. The van der Waals surface area contributed by atoms with Gasteiger partial charge in [0.1, 0.15) is 0 Å². The van der Waals surface area contributed by atoms with Crippen molar-refractivity contribution in [3.8, 4) is 11.4 Å². The largest absolute Gasteiger partial charge is 0.208 e. The fraction of sp³-hybridized carbons (Fsp3) is 0. The molecule has 2 aromatic heterocycles. The summed E-state index contributed by atoms with van der Waals surface area (Å²) in [4.78, 5) is 15.1. The second-order valence-corrected chi connectivity index (χ2v) is 10.9. The summed E-state index contributed by atoms with van der Waals surface area (Å²) in [7, 11) is 0. The van der Waals surface area contributed by atoms with Crippen LogP contribution in [0.2, 0.25) is 0 Å². The minimum atomic E-state index is 0.664. The van der Waals surface area contributed by atoms with Crippen molar-refractivity contribution in [1.82, 2.24) is 15.0 Å². The Morgan fingerprint density at radius 1 is 0.286 bits per heavy atom. The maximum atomic E-state index is 5.06. The average molecular weight is 534 g/mol. The Bertz CT molecular complexity index is 2570. The van der Waals surface area contributed by atoms with Crippen LogP contribution in [0.25, 0.3) is 87.3 Å². The number of hydrogen-bond acceptors (Lipinski definition) is 3. The van der Waals surface area contributed by atoms with Crippen LogP contribution < -0.4 is 0 Å². The molecule has 2 heterocycles. The van der Waals surface area contributed by atoms with Gasteiger partial charge in [-0.2, -0.15) is 0 Å². The van der Waals surface area contributed by atoms with E-state index < -0.39 is 0 Å². The zero-order valence-electron chi connectivity index (χ0n) is 22.6. The second kappa shape index (κ2) is 8.92. The van der Waals surface area contributed by atoms with Crippen LogP contribution in [0, 0.1) is 0 Å². The van der Waals surface area contributed by atoms with E-state index in [4.69, 9.17) is 15.0 Å². The standard InChI is InChI=1S/C39H23N3/c1-2-9-25(10-3-1)37-40-38-27-12-8-11-26(21-27)29-13-4-5-14-30(29)35-23-36-33(31-15-6-7-16-32(31)35)20-19-24-17-18-28(22-34(24)36)39(41-37)42-38/h1-23H. The van der Waals surface area contributed by atoms with Crippen LogP contribution in [0.5, 0.6) is 0 Å². The predicted molar refractivity (Wildman–Crippen MR) is 177 cm³/mol. The first-order valence-electron chi connectivity index (χ1n) is 14.2. The van der Waals surface area contributed by atoms with Crippen molar-refractivity contribution in [3.05, 3.63) is 140 Å². The van der Waals surface area contributed by atoms with Crippen LogP contribution in [-0.4, -0.2) is 15.0 Å². The molecule has 0 atom stereocenters. The molecule has 0 N–H and O–H groups in total. The van der Waals surface area contributed by atoms with E-state index in [9.17, 15) is 0 Å². The molecule has 0 unspecified atom stereocenters. The Kier molecular flexibility index (Phi) is 4.90. The Labute approximate surface area is 241 Å². The minimum Gasteiger partial charge on any atom is -0.208 e. The number of benzene rings is 7. The van der Waals surface area contributed by atoms with Crippen molar-refractivity contribution >= 4 is 75.9 Å². The van der Waals surface area contributed by atoms with Gasteiger partial charge < -0.3 is 0 Å². The monoisotopic (exact) mass is 533 g/mol. The van der Waals surface area contributed by atoms with Crippen LogP contribution in [0.1, 0.15) is 0 Å². The molecule has 9 rings (SSSR count). The van der Waals surface area contributed by atoms with Gasteiger partial charge in [-0.05, 0) is 72.1 Å². The Morgan fingerprint density at radius 2 is 0.833 bits per heavy atom. The van der Waals surface area contributed by atoms with Crippen LogP contribution in [0.3, 0.4) is 0 Å². The summed E-state index contributed by atoms with van der Waals surface area (Å²) in [5.41, 5.74) is 2.30. The predicted octanol–water partition coefficient (Wildman–Crippen LogP) is 10.2. The number of fused-ring (bicyclic) bond motifs is 14. The summed E-state index contributed by atoms with van der Waals surface area (Å²) in [6.07, 6.45) is 0. The summed E-state index contributed by atoms with van der Waals surface area (Å²) < 4.78 is 0. The average Bonchev–Trinajstić information content (AvgIpc) is 3.07. The van der Waals surface area contributed by atoms with Crippen molar-refractivity contribution in [2.24, 2.45) is 0 Å².